The van der Waals surface area contributed by atoms with Crippen molar-refractivity contribution in [2.24, 2.45) is 11.5 Å². The second-order valence-electron chi connectivity index (χ2n) is 3.91. The predicted octanol–water partition coefficient (Wildman–Crippen LogP) is 0.358. The number of hydrogen-bond donors (Lipinski definition) is 3. The van der Waals surface area contributed by atoms with E-state index in [4.69, 9.17) is 16.6 Å². The van der Waals surface area contributed by atoms with Gasteiger partial charge in [-0.15, -0.1) is 0 Å². The van der Waals surface area contributed by atoms with E-state index in [9.17, 15) is 0 Å². The molecule has 0 spiro atoms. The first kappa shape index (κ1) is 9.96. The van der Waals surface area contributed by atoms with Crippen molar-refractivity contribution in [3.05, 3.63) is 0 Å². The lowest BCUT2D eigenvalue weighted by molar-refractivity contribution is 0.205. The van der Waals surface area contributed by atoms with E-state index in [1.165, 1.54) is 12.8 Å². The van der Waals surface area contributed by atoms with Crippen molar-refractivity contribution in [2.75, 3.05) is 6.61 Å². The van der Waals surface area contributed by atoms with E-state index in [0.29, 0.717) is 0 Å². The van der Waals surface area contributed by atoms with Crippen LogP contribution >= 0.6 is 0 Å². The lowest BCUT2D eigenvalue weighted by Gasteiger charge is -2.39. The first-order valence-corrected chi connectivity index (χ1v) is 4.84. The van der Waals surface area contributed by atoms with E-state index >= 15 is 0 Å². The summed E-state index contributed by atoms with van der Waals surface area (Å²) in [4.78, 5) is 0. The number of aliphatic hydroxyl groups is 1. The Labute approximate surface area is 74.1 Å². The molecule has 2 atom stereocenters. The Morgan fingerprint density at radius 1 is 1.42 bits per heavy atom. The van der Waals surface area contributed by atoms with Crippen LogP contribution < -0.4 is 11.5 Å². The molecule has 0 saturated heterocycles. The molecule has 3 nitrogen and oxygen atoms in total. The standard InChI is InChI=1S/C9H20N2O/c10-8-4-1-2-5-9(8,11)6-3-7-12/h8,12H,1-7,10-11H2/t8-,9+/m0/s1. The average molecular weight is 172 g/mol. The van der Waals surface area contributed by atoms with Gasteiger partial charge in [0.1, 0.15) is 0 Å². The quantitative estimate of drug-likeness (QED) is 0.575. The molecule has 1 fully saturated rings. The van der Waals surface area contributed by atoms with Gasteiger partial charge in [0.25, 0.3) is 0 Å². The molecule has 0 aromatic heterocycles. The Hall–Kier alpha value is -0.120. The molecule has 72 valence electrons. The zero-order valence-corrected chi connectivity index (χ0v) is 7.63. The maximum absolute atomic E-state index is 8.70. The number of rotatable bonds is 3. The fourth-order valence-electron chi connectivity index (χ4n) is 2.01. The fraction of sp³-hybridized carbons (Fsp3) is 1.00. The summed E-state index contributed by atoms with van der Waals surface area (Å²) in [7, 11) is 0. The molecule has 0 amide bonds. The Kier molecular flexibility index (Phi) is 3.50. The molecule has 5 N–H and O–H groups in total. The number of nitrogens with two attached hydrogens (primary N) is 2. The highest BCUT2D eigenvalue weighted by Gasteiger charge is 2.33. The number of aliphatic hydroxyl groups excluding tert-OH is 1. The zero-order valence-electron chi connectivity index (χ0n) is 7.63. The van der Waals surface area contributed by atoms with Crippen molar-refractivity contribution < 1.29 is 5.11 Å². The van der Waals surface area contributed by atoms with E-state index in [1.54, 1.807) is 0 Å². The molecule has 1 aliphatic carbocycles. The third-order valence-corrected chi connectivity index (χ3v) is 2.95. The molecular formula is C9H20N2O. The summed E-state index contributed by atoms with van der Waals surface area (Å²) in [5.41, 5.74) is 11.9. The highest BCUT2D eigenvalue weighted by molar-refractivity contribution is 4.96. The average Bonchev–Trinajstić information content (AvgIpc) is 2.07. The number of hydrogen-bond acceptors (Lipinski definition) is 3. The van der Waals surface area contributed by atoms with Gasteiger partial charge in [-0.3, -0.25) is 0 Å². The molecule has 1 aliphatic rings. The minimum absolute atomic E-state index is 0.137. The van der Waals surface area contributed by atoms with Gasteiger partial charge in [0.2, 0.25) is 0 Å². The molecule has 0 radical (unpaired) electrons. The van der Waals surface area contributed by atoms with Crippen molar-refractivity contribution in [3.63, 3.8) is 0 Å². The third kappa shape index (κ3) is 2.19. The first-order chi connectivity index (χ1) is 5.69. The van der Waals surface area contributed by atoms with Crippen LogP contribution in [-0.4, -0.2) is 23.3 Å². The van der Waals surface area contributed by atoms with Crippen LogP contribution in [0, 0.1) is 0 Å². The lowest BCUT2D eigenvalue weighted by Crippen LogP contribution is -2.57. The van der Waals surface area contributed by atoms with Gasteiger partial charge in [-0.2, -0.15) is 0 Å². The summed E-state index contributed by atoms with van der Waals surface area (Å²) in [6.07, 6.45) is 6.11. The van der Waals surface area contributed by atoms with Crippen LogP contribution in [0.1, 0.15) is 38.5 Å². The molecule has 1 rings (SSSR count). The van der Waals surface area contributed by atoms with Crippen molar-refractivity contribution in [1.29, 1.82) is 0 Å². The van der Waals surface area contributed by atoms with Gasteiger partial charge in [-0.1, -0.05) is 12.8 Å². The van der Waals surface area contributed by atoms with Gasteiger partial charge >= 0.3 is 0 Å². The van der Waals surface area contributed by atoms with Crippen molar-refractivity contribution in [3.8, 4) is 0 Å². The van der Waals surface area contributed by atoms with Crippen LogP contribution in [0.5, 0.6) is 0 Å². The van der Waals surface area contributed by atoms with Crippen LogP contribution in [0.4, 0.5) is 0 Å². The van der Waals surface area contributed by atoms with E-state index in [1.807, 2.05) is 0 Å². The van der Waals surface area contributed by atoms with Crippen LogP contribution in [-0.2, 0) is 0 Å². The second-order valence-corrected chi connectivity index (χ2v) is 3.91. The fourth-order valence-corrected chi connectivity index (χ4v) is 2.01. The van der Waals surface area contributed by atoms with Crippen LogP contribution in [0.15, 0.2) is 0 Å². The van der Waals surface area contributed by atoms with Crippen molar-refractivity contribution >= 4 is 0 Å². The summed E-state index contributed by atoms with van der Waals surface area (Å²) >= 11 is 0. The minimum atomic E-state index is -0.193. The normalized spacial score (nSPS) is 36.8. The second kappa shape index (κ2) is 4.21. The lowest BCUT2D eigenvalue weighted by atomic mass is 9.76. The Balaban J connectivity index is 2.42. The smallest absolute Gasteiger partial charge is 0.0431 e. The SMILES string of the molecule is N[C@H]1CCCC[C@@]1(N)CCCO. The van der Waals surface area contributed by atoms with Gasteiger partial charge in [-0.25, -0.2) is 0 Å². The molecule has 3 heteroatoms. The highest BCUT2D eigenvalue weighted by atomic mass is 16.2. The largest absolute Gasteiger partial charge is 0.396 e. The van der Waals surface area contributed by atoms with Crippen LogP contribution in [0.2, 0.25) is 0 Å². The molecular weight excluding hydrogens is 152 g/mol. The topological polar surface area (TPSA) is 72.3 Å². The highest BCUT2D eigenvalue weighted by Crippen LogP contribution is 2.28. The van der Waals surface area contributed by atoms with Crippen molar-refractivity contribution in [2.45, 2.75) is 50.1 Å². The summed E-state index contributed by atoms with van der Waals surface area (Å²) < 4.78 is 0. The molecule has 0 unspecified atom stereocenters. The Morgan fingerprint density at radius 2 is 2.17 bits per heavy atom. The van der Waals surface area contributed by atoms with Gasteiger partial charge in [-0.05, 0) is 25.7 Å². The first-order valence-electron chi connectivity index (χ1n) is 4.84. The van der Waals surface area contributed by atoms with Crippen LogP contribution in [0.3, 0.4) is 0 Å². The van der Waals surface area contributed by atoms with Gasteiger partial charge < -0.3 is 16.6 Å². The van der Waals surface area contributed by atoms with E-state index in [-0.39, 0.29) is 18.2 Å². The maximum atomic E-state index is 8.70. The molecule has 0 heterocycles. The molecule has 0 bridgehead atoms. The maximum Gasteiger partial charge on any atom is 0.0431 e. The van der Waals surface area contributed by atoms with E-state index < -0.39 is 0 Å². The minimum Gasteiger partial charge on any atom is -0.396 e. The molecule has 12 heavy (non-hydrogen) atoms. The van der Waals surface area contributed by atoms with Crippen LogP contribution in [0.25, 0.3) is 0 Å². The van der Waals surface area contributed by atoms with Gasteiger partial charge in [0.15, 0.2) is 0 Å². The molecule has 0 aliphatic heterocycles. The summed E-state index contributed by atoms with van der Waals surface area (Å²) in [6, 6.07) is 0.137. The molecule has 0 aromatic carbocycles. The summed E-state index contributed by atoms with van der Waals surface area (Å²) in [6.45, 7) is 0.228. The summed E-state index contributed by atoms with van der Waals surface area (Å²) in [5, 5.41) is 8.70. The summed E-state index contributed by atoms with van der Waals surface area (Å²) in [5.74, 6) is 0. The Morgan fingerprint density at radius 3 is 2.75 bits per heavy atom. The van der Waals surface area contributed by atoms with Gasteiger partial charge in [0.05, 0.1) is 0 Å². The van der Waals surface area contributed by atoms with Gasteiger partial charge in [0, 0.05) is 18.2 Å². The molecule has 0 aromatic rings. The predicted molar refractivity (Wildman–Crippen MR) is 49.7 cm³/mol. The third-order valence-electron chi connectivity index (χ3n) is 2.95. The zero-order chi connectivity index (χ0) is 9.03. The van der Waals surface area contributed by atoms with E-state index in [2.05, 4.69) is 0 Å². The molecule has 1 saturated carbocycles. The van der Waals surface area contributed by atoms with Crippen molar-refractivity contribution in [1.82, 2.24) is 0 Å². The Bertz CT molecular complexity index is 140. The monoisotopic (exact) mass is 172 g/mol. The van der Waals surface area contributed by atoms with E-state index in [0.717, 1.165) is 25.7 Å².